The molecule has 0 amide bonds. The third-order valence-corrected chi connectivity index (χ3v) is 5.53. The number of nitrogens with one attached hydrogen (secondary N) is 1. The Morgan fingerprint density at radius 2 is 1.94 bits per heavy atom. The number of piperidine rings is 1. The Hall–Kier alpha value is -0.570. The predicted molar refractivity (Wildman–Crippen MR) is 73.1 cm³/mol. The Morgan fingerprint density at radius 3 is 2.61 bits per heavy atom. The summed E-state index contributed by atoms with van der Waals surface area (Å²) in [5, 5.41) is 3.29. The first-order chi connectivity index (χ1) is 8.62. The van der Waals surface area contributed by atoms with Gasteiger partial charge in [0.1, 0.15) is 0 Å². The van der Waals surface area contributed by atoms with Crippen LogP contribution in [0.5, 0.6) is 0 Å². The summed E-state index contributed by atoms with van der Waals surface area (Å²) in [4.78, 5) is 2.35. The van der Waals surface area contributed by atoms with Crippen LogP contribution < -0.4 is 5.32 Å². The second kappa shape index (κ2) is 6.05. The monoisotopic (exact) mass is 270 g/mol. The van der Waals surface area contributed by atoms with Gasteiger partial charge in [0.2, 0.25) is 0 Å². The first kappa shape index (κ1) is 13.9. The number of rotatable bonds is 3. The molecule has 5 heteroatoms. The van der Waals surface area contributed by atoms with E-state index in [-0.39, 0.29) is 17.8 Å². The lowest BCUT2D eigenvalue weighted by molar-refractivity contribution is 0.157. The third-order valence-electron chi connectivity index (χ3n) is 3.81. The lowest BCUT2D eigenvalue weighted by Crippen LogP contribution is -2.51. The van der Waals surface area contributed by atoms with E-state index in [1.165, 1.54) is 19.3 Å². The average Bonchev–Trinajstić information content (AvgIpc) is 2.66. The molecule has 0 radical (unpaired) electrons. The molecule has 0 aromatic rings. The zero-order valence-electron chi connectivity index (χ0n) is 11.0. The van der Waals surface area contributed by atoms with Gasteiger partial charge in [-0.1, -0.05) is 12.3 Å². The highest BCUT2D eigenvalue weighted by molar-refractivity contribution is 7.91. The zero-order chi connectivity index (χ0) is 13.0. The van der Waals surface area contributed by atoms with E-state index < -0.39 is 9.84 Å². The van der Waals surface area contributed by atoms with Crippen LogP contribution >= 0.6 is 0 Å². The highest BCUT2D eigenvalue weighted by Gasteiger charge is 2.40. The highest BCUT2D eigenvalue weighted by Crippen LogP contribution is 2.22. The molecule has 1 N–H and O–H groups in total. The van der Waals surface area contributed by atoms with Gasteiger partial charge < -0.3 is 5.32 Å². The second-order valence-corrected chi connectivity index (χ2v) is 7.31. The summed E-state index contributed by atoms with van der Waals surface area (Å²) in [7, 11) is -2.88. The van der Waals surface area contributed by atoms with Crippen molar-refractivity contribution in [1.82, 2.24) is 10.2 Å². The smallest absolute Gasteiger partial charge is 0.153 e. The van der Waals surface area contributed by atoms with Gasteiger partial charge in [-0.3, -0.25) is 4.90 Å². The molecule has 18 heavy (non-hydrogen) atoms. The standard InChI is InChI=1S/C13H22N2O2S/c1-2-3-7-14-12-10-18(16,17)11-13(12)15-8-5-4-6-9-15/h12-14H,4-11H2,1H3/t12-,13-/m1/s1. The number of likely N-dealkylation sites (tertiary alicyclic amines) is 1. The molecule has 2 fully saturated rings. The first-order valence-corrected chi connectivity index (χ1v) is 8.52. The Kier molecular flexibility index (Phi) is 4.66. The number of hydrogen-bond acceptors (Lipinski definition) is 4. The second-order valence-electron chi connectivity index (χ2n) is 5.16. The van der Waals surface area contributed by atoms with Gasteiger partial charge in [0.25, 0.3) is 0 Å². The molecule has 0 aromatic carbocycles. The normalized spacial score (nSPS) is 31.8. The molecule has 2 saturated heterocycles. The minimum Gasteiger partial charge on any atom is -0.301 e. The van der Waals surface area contributed by atoms with Crippen LogP contribution in [0.4, 0.5) is 0 Å². The van der Waals surface area contributed by atoms with Crippen LogP contribution in [-0.4, -0.2) is 56.5 Å². The van der Waals surface area contributed by atoms with Crippen LogP contribution in [0, 0.1) is 11.8 Å². The van der Waals surface area contributed by atoms with Crippen molar-refractivity contribution in [3.63, 3.8) is 0 Å². The molecule has 0 spiro atoms. The van der Waals surface area contributed by atoms with Crippen LogP contribution in [0.1, 0.15) is 26.2 Å². The van der Waals surface area contributed by atoms with Crippen LogP contribution in [0.25, 0.3) is 0 Å². The molecule has 2 rings (SSSR count). The van der Waals surface area contributed by atoms with Crippen LogP contribution in [-0.2, 0) is 9.84 Å². The van der Waals surface area contributed by atoms with Gasteiger partial charge in [0.15, 0.2) is 9.84 Å². The zero-order valence-corrected chi connectivity index (χ0v) is 11.8. The Balaban J connectivity index is 2.01. The molecule has 2 atom stereocenters. The Labute approximate surface area is 110 Å². The largest absolute Gasteiger partial charge is 0.301 e. The summed E-state index contributed by atoms with van der Waals surface area (Å²) < 4.78 is 23.6. The summed E-state index contributed by atoms with van der Waals surface area (Å²) in [6.07, 6.45) is 3.66. The predicted octanol–water partition coefficient (Wildman–Crippen LogP) is 0.251. The van der Waals surface area contributed by atoms with E-state index >= 15 is 0 Å². The van der Waals surface area contributed by atoms with E-state index in [1.807, 2.05) is 0 Å². The molecule has 2 aliphatic heterocycles. The number of sulfone groups is 1. The van der Waals surface area contributed by atoms with Gasteiger partial charge in [-0.05, 0) is 32.9 Å². The maximum atomic E-state index is 11.8. The lowest BCUT2D eigenvalue weighted by Gasteiger charge is -2.34. The minimum atomic E-state index is -2.88. The summed E-state index contributed by atoms with van der Waals surface area (Å²) in [6.45, 7) is 4.46. The van der Waals surface area contributed by atoms with Gasteiger partial charge in [-0.2, -0.15) is 0 Å². The van der Waals surface area contributed by atoms with Gasteiger partial charge >= 0.3 is 0 Å². The van der Waals surface area contributed by atoms with Crippen molar-refractivity contribution in [2.45, 2.75) is 38.3 Å². The molecule has 4 nitrogen and oxygen atoms in total. The molecule has 0 bridgehead atoms. The van der Waals surface area contributed by atoms with E-state index in [9.17, 15) is 8.42 Å². The van der Waals surface area contributed by atoms with Crippen LogP contribution in [0.3, 0.4) is 0 Å². The molecule has 0 aromatic heterocycles. The molecule has 2 aliphatic rings. The molecule has 0 unspecified atom stereocenters. The lowest BCUT2D eigenvalue weighted by atomic mass is 10.1. The summed E-state index contributed by atoms with van der Waals surface area (Å²) in [6, 6.07) is 0.197. The average molecular weight is 270 g/mol. The van der Waals surface area contributed by atoms with E-state index in [1.54, 1.807) is 6.92 Å². The van der Waals surface area contributed by atoms with Gasteiger partial charge in [0.05, 0.1) is 18.1 Å². The summed E-state index contributed by atoms with van der Waals surface area (Å²) in [5.74, 6) is 6.36. The van der Waals surface area contributed by atoms with Crippen molar-refractivity contribution < 1.29 is 8.42 Å². The maximum Gasteiger partial charge on any atom is 0.153 e. The van der Waals surface area contributed by atoms with E-state index in [0.717, 1.165) is 13.1 Å². The van der Waals surface area contributed by atoms with E-state index in [4.69, 9.17) is 0 Å². The topological polar surface area (TPSA) is 49.4 Å². The molecule has 2 heterocycles. The molecular weight excluding hydrogens is 248 g/mol. The van der Waals surface area contributed by atoms with E-state index in [2.05, 4.69) is 22.1 Å². The minimum absolute atomic E-state index is 0.0500. The van der Waals surface area contributed by atoms with Crippen molar-refractivity contribution >= 4 is 9.84 Å². The Morgan fingerprint density at radius 1 is 1.22 bits per heavy atom. The van der Waals surface area contributed by atoms with Crippen LogP contribution in [0.2, 0.25) is 0 Å². The van der Waals surface area contributed by atoms with Crippen molar-refractivity contribution in [3.8, 4) is 11.8 Å². The van der Waals surface area contributed by atoms with Crippen molar-refractivity contribution in [1.29, 1.82) is 0 Å². The fourth-order valence-electron chi connectivity index (χ4n) is 2.90. The highest BCUT2D eigenvalue weighted by atomic mass is 32.2. The van der Waals surface area contributed by atoms with Crippen molar-refractivity contribution in [2.75, 3.05) is 31.1 Å². The quantitative estimate of drug-likeness (QED) is 0.747. The molecule has 102 valence electrons. The Bertz CT molecular complexity index is 430. The van der Waals surface area contributed by atoms with E-state index in [0.29, 0.717) is 12.3 Å². The third kappa shape index (κ3) is 3.47. The maximum absolute atomic E-state index is 11.8. The van der Waals surface area contributed by atoms with Crippen LogP contribution in [0.15, 0.2) is 0 Å². The van der Waals surface area contributed by atoms with Gasteiger partial charge in [-0.15, -0.1) is 5.92 Å². The molecule has 0 saturated carbocycles. The van der Waals surface area contributed by atoms with Crippen molar-refractivity contribution in [2.24, 2.45) is 0 Å². The number of hydrogen-bond donors (Lipinski definition) is 1. The van der Waals surface area contributed by atoms with Gasteiger partial charge in [-0.25, -0.2) is 8.42 Å². The first-order valence-electron chi connectivity index (χ1n) is 6.70. The molecular formula is C13H22N2O2S. The molecule has 0 aliphatic carbocycles. The van der Waals surface area contributed by atoms with Crippen molar-refractivity contribution in [3.05, 3.63) is 0 Å². The fourth-order valence-corrected chi connectivity index (χ4v) is 4.89. The SMILES string of the molecule is CC#CCN[C@@H]1CS(=O)(=O)C[C@H]1N1CCCCC1. The fraction of sp³-hybridized carbons (Fsp3) is 0.846. The number of nitrogens with zero attached hydrogens (tertiary/aromatic N) is 1. The summed E-state index contributed by atoms with van der Waals surface area (Å²) in [5.41, 5.74) is 0. The summed E-state index contributed by atoms with van der Waals surface area (Å²) >= 11 is 0. The van der Waals surface area contributed by atoms with Gasteiger partial charge in [0, 0.05) is 12.1 Å².